The Morgan fingerprint density at radius 3 is 2.67 bits per heavy atom. The molecule has 1 aliphatic heterocycles. The molecule has 0 aromatic carbocycles. The average Bonchev–Trinajstić information content (AvgIpc) is 2.81. The predicted molar refractivity (Wildman–Crippen MR) is 68.4 cm³/mol. The number of hydrogen-bond donors (Lipinski definition) is 1. The highest BCUT2D eigenvalue weighted by atomic mass is 16.6. The standard InChI is InChI=1S/C14H21NO3/c1-9-5-6-12(17-9)10-7-15-8-11(10)13(16)18-14(2,3)4/h5-6,10-11,15H,7-8H2,1-4H3. The molecule has 1 saturated heterocycles. The van der Waals surface area contributed by atoms with E-state index in [1.165, 1.54) is 0 Å². The van der Waals surface area contributed by atoms with E-state index < -0.39 is 5.60 Å². The summed E-state index contributed by atoms with van der Waals surface area (Å²) < 4.78 is 11.1. The Kier molecular flexibility index (Phi) is 3.48. The van der Waals surface area contributed by atoms with Gasteiger partial charge in [-0.05, 0) is 39.8 Å². The first-order valence-electron chi connectivity index (χ1n) is 6.37. The van der Waals surface area contributed by atoms with Gasteiger partial charge in [0.05, 0.1) is 5.92 Å². The monoisotopic (exact) mass is 251 g/mol. The second kappa shape index (κ2) is 4.76. The fraction of sp³-hybridized carbons (Fsp3) is 0.643. The van der Waals surface area contributed by atoms with Gasteiger partial charge in [0.1, 0.15) is 17.1 Å². The van der Waals surface area contributed by atoms with Crippen LogP contribution < -0.4 is 5.32 Å². The molecule has 0 spiro atoms. The van der Waals surface area contributed by atoms with Crippen molar-refractivity contribution >= 4 is 5.97 Å². The SMILES string of the molecule is Cc1ccc(C2CNCC2C(=O)OC(C)(C)C)o1. The summed E-state index contributed by atoms with van der Waals surface area (Å²) in [7, 11) is 0. The molecule has 1 aromatic rings. The van der Waals surface area contributed by atoms with Crippen molar-refractivity contribution in [3.8, 4) is 0 Å². The number of nitrogens with one attached hydrogen (secondary N) is 1. The Hall–Kier alpha value is -1.29. The van der Waals surface area contributed by atoms with Crippen molar-refractivity contribution in [2.45, 2.75) is 39.2 Å². The molecule has 0 radical (unpaired) electrons. The number of hydrogen-bond acceptors (Lipinski definition) is 4. The highest BCUT2D eigenvalue weighted by Crippen LogP contribution is 2.31. The summed E-state index contributed by atoms with van der Waals surface area (Å²) in [6, 6.07) is 3.88. The fourth-order valence-corrected chi connectivity index (χ4v) is 2.26. The summed E-state index contributed by atoms with van der Waals surface area (Å²) in [5.74, 6) is 1.52. The van der Waals surface area contributed by atoms with Crippen molar-refractivity contribution < 1.29 is 13.9 Å². The third kappa shape index (κ3) is 2.93. The van der Waals surface area contributed by atoms with E-state index in [9.17, 15) is 4.79 Å². The Bertz CT molecular complexity index is 430. The molecular formula is C14H21NO3. The van der Waals surface area contributed by atoms with Crippen LogP contribution in [-0.2, 0) is 9.53 Å². The number of carbonyl (C=O) groups is 1. The lowest BCUT2D eigenvalue weighted by Crippen LogP contribution is -2.31. The molecule has 4 nitrogen and oxygen atoms in total. The van der Waals surface area contributed by atoms with Crippen LogP contribution >= 0.6 is 0 Å². The molecule has 100 valence electrons. The zero-order valence-corrected chi connectivity index (χ0v) is 11.4. The lowest BCUT2D eigenvalue weighted by molar-refractivity contribution is -0.159. The molecule has 1 aliphatic rings. The smallest absolute Gasteiger partial charge is 0.311 e. The van der Waals surface area contributed by atoms with E-state index in [1.54, 1.807) is 0 Å². The van der Waals surface area contributed by atoms with Gasteiger partial charge in [0.2, 0.25) is 0 Å². The predicted octanol–water partition coefficient (Wildman–Crippen LogP) is 2.23. The van der Waals surface area contributed by atoms with Crippen LogP contribution in [0.3, 0.4) is 0 Å². The second-order valence-corrected chi connectivity index (χ2v) is 5.85. The summed E-state index contributed by atoms with van der Waals surface area (Å²) in [4.78, 5) is 12.1. The van der Waals surface area contributed by atoms with Crippen molar-refractivity contribution in [1.82, 2.24) is 5.32 Å². The normalized spacial score (nSPS) is 24.2. The van der Waals surface area contributed by atoms with Gasteiger partial charge < -0.3 is 14.5 Å². The van der Waals surface area contributed by atoms with Gasteiger partial charge in [0.25, 0.3) is 0 Å². The maximum absolute atomic E-state index is 12.1. The van der Waals surface area contributed by atoms with Gasteiger partial charge in [-0.25, -0.2) is 0 Å². The van der Waals surface area contributed by atoms with E-state index in [1.807, 2.05) is 39.8 Å². The molecule has 1 aromatic heterocycles. The number of esters is 1. The lowest BCUT2D eigenvalue weighted by atomic mass is 9.93. The zero-order chi connectivity index (χ0) is 13.3. The van der Waals surface area contributed by atoms with Gasteiger partial charge in [-0.1, -0.05) is 0 Å². The van der Waals surface area contributed by atoms with Gasteiger partial charge in [-0.2, -0.15) is 0 Å². The van der Waals surface area contributed by atoms with Gasteiger partial charge in [0.15, 0.2) is 0 Å². The van der Waals surface area contributed by atoms with E-state index in [0.717, 1.165) is 18.1 Å². The molecular weight excluding hydrogens is 230 g/mol. The van der Waals surface area contributed by atoms with E-state index in [-0.39, 0.29) is 17.8 Å². The minimum Gasteiger partial charge on any atom is -0.466 e. The van der Waals surface area contributed by atoms with Crippen molar-refractivity contribution in [2.24, 2.45) is 5.92 Å². The summed E-state index contributed by atoms with van der Waals surface area (Å²) in [6.07, 6.45) is 0. The summed E-state index contributed by atoms with van der Waals surface area (Å²) >= 11 is 0. The molecule has 18 heavy (non-hydrogen) atoms. The Labute approximate surface area is 108 Å². The minimum absolute atomic E-state index is 0.0774. The van der Waals surface area contributed by atoms with Gasteiger partial charge in [-0.15, -0.1) is 0 Å². The lowest BCUT2D eigenvalue weighted by Gasteiger charge is -2.23. The van der Waals surface area contributed by atoms with Crippen LogP contribution in [0.4, 0.5) is 0 Å². The molecule has 2 atom stereocenters. The number of rotatable bonds is 2. The topological polar surface area (TPSA) is 51.5 Å². The maximum atomic E-state index is 12.1. The van der Waals surface area contributed by atoms with E-state index in [2.05, 4.69) is 5.32 Å². The van der Waals surface area contributed by atoms with Crippen molar-refractivity contribution in [1.29, 1.82) is 0 Å². The largest absolute Gasteiger partial charge is 0.466 e. The van der Waals surface area contributed by atoms with Crippen molar-refractivity contribution in [2.75, 3.05) is 13.1 Å². The van der Waals surface area contributed by atoms with E-state index >= 15 is 0 Å². The summed E-state index contributed by atoms with van der Waals surface area (Å²) in [6.45, 7) is 8.99. The third-order valence-corrected chi connectivity index (χ3v) is 3.05. The Balaban J connectivity index is 2.10. The van der Waals surface area contributed by atoms with Crippen LogP contribution in [0.25, 0.3) is 0 Å². The minimum atomic E-state index is -0.441. The number of ether oxygens (including phenoxy) is 1. The van der Waals surface area contributed by atoms with E-state index in [0.29, 0.717) is 6.54 Å². The van der Waals surface area contributed by atoms with Gasteiger partial charge in [0, 0.05) is 19.0 Å². The van der Waals surface area contributed by atoms with Crippen LogP contribution in [0.2, 0.25) is 0 Å². The maximum Gasteiger partial charge on any atom is 0.311 e. The first kappa shape index (κ1) is 13.1. The van der Waals surface area contributed by atoms with Crippen LogP contribution in [0, 0.1) is 12.8 Å². The first-order chi connectivity index (χ1) is 8.37. The van der Waals surface area contributed by atoms with Crippen LogP contribution in [0.15, 0.2) is 16.5 Å². The highest BCUT2D eigenvalue weighted by Gasteiger charge is 2.38. The average molecular weight is 251 g/mol. The molecule has 0 amide bonds. The summed E-state index contributed by atoms with van der Waals surface area (Å²) in [5, 5.41) is 3.24. The Morgan fingerprint density at radius 2 is 2.11 bits per heavy atom. The van der Waals surface area contributed by atoms with Crippen LogP contribution in [0.1, 0.15) is 38.2 Å². The molecule has 1 fully saturated rings. The molecule has 0 aliphatic carbocycles. The van der Waals surface area contributed by atoms with Crippen LogP contribution in [-0.4, -0.2) is 24.7 Å². The number of carbonyl (C=O) groups excluding carboxylic acids is 1. The van der Waals surface area contributed by atoms with Crippen molar-refractivity contribution in [3.63, 3.8) is 0 Å². The zero-order valence-electron chi connectivity index (χ0n) is 11.4. The highest BCUT2D eigenvalue weighted by molar-refractivity contribution is 5.75. The first-order valence-corrected chi connectivity index (χ1v) is 6.37. The third-order valence-electron chi connectivity index (χ3n) is 3.05. The molecule has 4 heteroatoms. The van der Waals surface area contributed by atoms with Gasteiger partial charge in [-0.3, -0.25) is 4.79 Å². The Morgan fingerprint density at radius 1 is 1.39 bits per heavy atom. The molecule has 2 heterocycles. The molecule has 0 bridgehead atoms. The van der Waals surface area contributed by atoms with Crippen molar-refractivity contribution in [3.05, 3.63) is 23.7 Å². The number of aryl methyl sites for hydroxylation is 1. The second-order valence-electron chi connectivity index (χ2n) is 5.85. The quantitative estimate of drug-likeness (QED) is 0.819. The number of furan rings is 1. The summed E-state index contributed by atoms with van der Waals surface area (Å²) in [5.41, 5.74) is -0.441. The van der Waals surface area contributed by atoms with Crippen LogP contribution in [0.5, 0.6) is 0 Å². The molecule has 2 unspecified atom stereocenters. The fourth-order valence-electron chi connectivity index (χ4n) is 2.26. The molecule has 0 saturated carbocycles. The molecule has 1 N–H and O–H groups in total. The van der Waals surface area contributed by atoms with Gasteiger partial charge >= 0.3 is 5.97 Å². The molecule has 2 rings (SSSR count). The van der Waals surface area contributed by atoms with E-state index in [4.69, 9.17) is 9.15 Å².